The van der Waals surface area contributed by atoms with Crippen LogP contribution in [0.25, 0.3) is 11.3 Å². The predicted molar refractivity (Wildman–Crippen MR) is 109 cm³/mol. The molecule has 0 saturated carbocycles. The van der Waals surface area contributed by atoms with Gasteiger partial charge >= 0.3 is 5.97 Å². The highest BCUT2D eigenvalue weighted by atomic mass is 32.1. The van der Waals surface area contributed by atoms with Crippen molar-refractivity contribution in [2.75, 3.05) is 0 Å². The first-order valence-corrected chi connectivity index (χ1v) is 10.3. The van der Waals surface area contributed by atoms with Gasteiger partial charge in [0, 0.05) is 23.7 Å². The Hall–Kier alpha value is -3.00. The van der Waals surface area contributed by atoms with Gasteiger partial charge in [-0.1, -0.05) is 24.3 Å². The standard InChI is InChI=1S/C21H22N4O3S/c1-13-16(10-23-25(13)2)17-12-29-18(24-17)11-22-20(28)21(9-19(26)27)7-14-5-3-4-6-15(14)8-21/h3-6,10,12H,7-9,11H2,1-2H3,(H,22,28)(H,26,27). The number of benzene rings is 1. The number of fused-ring (bicyclic) bond motifs is 1. The lowest BCUT2D eigenvalue weighted by atomic mass is 9.80. The number of carboxylic acid groups (broad SMARTS) is 1. The first-order valence-electron chi connectivity index (χ1n) is 9.38. The van der Waals surface area contributed by atoms with Gasteiger partial charge in [-0.25, -0.2) is 4.98 Å². The minimum Gasteiger partial charge on any atom is -0.481 e. The Bertz CT molecular complexity index is 1060. The number of hydrogen-bond donors (Lipinski definition) is 2. The highest BCUT2D eigenvalue weighted by Crippen LogP contribution is 2.40. The van der Waals surface area contributed by atoms with Crippen molar-refractivity contribution in [2.45, 2.75) is 32.7 Å². The number of aromatic nitrogens is 3. The van der Waals surface area contributed by atoms with Crippen LogP contribution in [-0.4, -0.2) is 31.7 Å². The normalized spacial score (nSPS) is 14.6. The van der Waals surface area contributed by atoms with Gasteiger partial charge in [0.1, 0.15) is 5.01 Å². The van der Waals surface area contributed by atoms with Crippen molar-refractivity contribution in [3.63, 3.8) is 0 Å². The van der Waals surface area contributed by atoms with E-state index in [4.69, 9.17) is 0 Å². The molecule has 2 heterocycles. The van der Waals surface area contributed by atoms with Gasteiger partial charge in [-0.3, -0.25) is 14.3 Å². The average molecular weight is 410 g/mol. The van der Waals surface area contributed by atoms with Crippen LogP contribution in [0.5, 0.6) is 0 Å². The van der Waals surface area contributed by atoms with Crippen molar-refractivity contribution in [1.82, 2.24) is 20.1 Å². The summed E-state index contributed by atoms with van der Waals surface area (Å²) in [5.74, 6) is -1.19. The molecule has 4 rings (SSSR count). The number of carboxylic acids is 1. The molecule has 0 fully saturated rings. The molecular formula is C21H22N4O3S. The van der Waals surface area contributed by atoms with Crippen LogP contribution in [0.1, 0.15) is 28.2 Å². The maximum Gasteiger partial charge on any atom is 0.304 e. The zero-order valence-corrected chi connectivity index (χ0v) is 17.1. The van der Waals surface area contributed by atoms with E-state index >= 15 is 0 Å². The quantitative estimate of drug-likeness (QED) is 0.651. The van der Waals surface area contributed by atoms with Gasteiger partial charge in [0.2, 0.25) is 5.91 Å². The number of aliphatic carboxylic acids is 1. The van der Waals surface area contributed by atoms with Crippen LogP contribution in [0.4, 0.5) is 0 Å². The van der Waals surface area contributed by atoms with Gasteiger partial charge in [-0.15, -0.1) is 11.3 Å². The van der Waals surface area contributed by atoms with E-state index in [-0.39, 0.29) is 18.9 Å². The second-order valence-electron chi connectivity index (χ2n) is 7.55. The second-order valence-corrected chi connectivity index (χ2v) is 8.49. The molecule has 1 amide bonds. The van der Waals surface area contributed by atoms with Crippen LogP contribution in [0.3, 0.4) is 0 Å². The van der Waals surface area contributed by atoms with E-state index in [1.807, 2.05) is 43.6 Å². The van der Waals surface area contributed by atoms with Crippen LogP contribution in [-0.2, 0) is 36.0 Å². The third-order valence-electron chi connectivity index (χ3n) is 5.61. The molecule has 0 aliphatic heterocycles. The minimum atomic E-state index is -0.962. The molecule has 0 unspecified atom stereocenters. The van der Waals surface area contributed by atoms with Gasteiger partial charge < -0.3 is 10.4 Å². The number of carbonyl (C=O) groups excluding carboxylic acids is 1. The Morgan fingerprint density at radius 3 is 2.55 bits per heavy atom. The number of carbonyl (C=O) groups is 2. The summed E-state index contributed by atoms with van der Waals surface area (Å²) in [7, 11) is 1.88. The molecular weight excluding hydrogens is 388 g/mol. The number of nitrogens with zero attached hydrogens (tertiary/aromatic N) is 3. The molecule has 0 spiro atoms. The largest absolute Gasteiger partial charge is 0.481 e. The summed E-state index contributed by atoms with van der Waals surface area (Å²) in [6.45, 7) is 2.26. The Balaban J connectivity index is 1.48. The van der Waals surface area contributed by atoms with Crippen LogP contribution < -0.4 is 5.32 Å². The van der Waals surface area contributed by atoms with E-state index < -0.39 is 11.4 Å². The topological polar surface area (TPSA) is 97.1 Å². The van der Waals surface area contributed by atoms with E-state index in [0.29, 0.717) is 12.8 Å². The Morgan fingerprint density at radius 2 is 1.97 bits per heavy atom. The third kappa shape index (κ3) is 3.67. The van der Waals surface area contributed by atoms with Crippen molar-refractivity contribution in [3.8, 4) is 11.3 Å². The molecule has 1 aliphatic carbocycles. The van der Waals surface area contributed by atoms with Crippen LogP contribution in [0.2, 0.25) is 0 Å². The summed E-state index contributed by atoms with van der Waals surface area (Å²) < 4.78 is 1.80. The first-order chi connectivity index (χ1) is 13.9. The highest BCUT2D eigenvalue weighted by Gasteiger charge is 2.45. The maximum absolute atomic E-state index is 13.1. The lowest BCUT2D eigenvalue weighted by Gasteiger charge is -2.25. The molecule has 29 heavy (non-hydrogen) atoms. The van der Waals surface area contributed by atoms with Crippen LogP contribution >= 0.6 is 11.3 Å². The van der Waals surface area contributed by atoms with Crippen molar-refractivity contribution >= 4 is 23.2 Å². The van der Waals surface area contributed by atoms with Crippen LogP contribution in [0, 0.1) is 12.3 Å². The van der Waals surface area contributed by atoms with Crippen molar-refractivity contribution in [3.05, 3.63) is 57.7 Å². The summed E-state index contributed by atoms with van der Waals surface area (Å²) in [6, 6.07) is 7.78. The SMILES string of the molecule is Cc1c(-c2csc(CNC(=O)C3(CC(=O)O)Cc4ccccc4C3)n2)cnn1C. The number of thiazole rings is 1. The first kappa shape index (κ1) is 19.3. The lowest BCUT2D eigenvalue weighted by molar-refractivity contribution is -0.145. The maximum atomic E-state index is 13.1. The van der Waals surface area contributed by atoms with E-state index in [1.54, 1.807) is 10.9 Å². The van der Waals surface area contributed by atoms with Gasteiger partial charge in [0.05, 0.1) is 30.3 Å². The zero-order chi connectivity index (χ0) is 20.6. The molecule has 0 saturated heterocycles. The number of aryl methyl sites for hydroxylation is 1. The minimum absolute atomic E-state index is 0.189. The predicted octanol–water partition coefficient (Wildman–Crippen LogP) is 2.73. The molecule has 2 aromatic heterocycles. The molecule has 1 aromatic carbocycles. The van der Waals surface area contributed by atoms with Crippen LogP contribution in [0.15, 0.2) is 35.8 Å². The zero-order valence-electron chi connectivity index (χ0n) is 16.3. The monoisotopic (exact) mass is 410 g/mol. The molecule has 150 valence electrons. The molecule has 0 radical (unpaired) electrons. The molecule has 0 bridgehead atoms. The van der Waals surface area contributed by atoms with Gasteiger partial charge in [-0.05, 0) is 30.9 Å². The molecule has 1 aliphatic rings. The Kier molecular flexibility index (Phi) is 4.96. The van der Waals surface area contributed by atoms with E-state index in [0.717, 1.165) is 33.1 Å². The smallest absolute Gasteiger partial charge is 0.304 e. The van der Waals surface area contributed by atoms with Gasteiger partial charge in [-0.2, -0.15) is 5.10 Å². The Morgan fingerprint density at radius 1 is 1.28 bits per heavy atom. The third-order valence-corrected chi connectivity index (χ3v) is 6.46. The average Bonchev–Trinajstić information content (AvgIpc) is 3.37. The van der Waals surface area contributed by atoms with E-state index in [2.05, 4.69) is 15.4 Å². The fraction of sp³-hybridized carbons (Fsp3) is 0.333. The van der Waals surface area contributed by atoms with Crippen molar-refractivity contribution in [2.24, 2.45) is 12.5 Å². The number of nitrogens with one attached hydrogen (secondary N) is 1. The summed E-state index contributed by atoms with van der Waals surface area (Å²) >= 11 is 1.47. The molecule has 8 heteroatoms. The van der Waals surface area contributed by atoms with Gasteiger partial charge in [0.25, 0.3) is 0 Å². The van der Waals surface area contributed by atoms with E-state index in [1.165, 1.54) is 11.3 Å². The molecule has 2 N–H and O–H groups in total. The molecule has 7 nitrogen and oxygen atoms in total. The van der Waals surface area contributed by atoms with Crippen molar-refractivity contribution in [1.29, 1.82) is 0 Å². The fourth-order valence-electron chi connectivity index (χ4n) is 3.96. The van der Waals surface area contributed by atoms with Gasteiger partial charge in [0.15, 0.2) is 0 Å². The molecule has 0 atom stereocenters. The van der Waals surface area contributed by atoms with E-state index in [9.17, 15) is 14.7 Å². The molecule has 3 aromatic rings. The Labute approximate surface area is 172 Å². The van der Waals surface area contributed by atoms with Crippen molar-refractivity contribution < 1.29 is 14.7 Å². The number of rotatable bonds is 6. The fourth-order valence-corrected chi connectivity index (χ4v) is 4.69. The summed E-state index contributed by atoms with van der Waals surface area (Å²) in [6.07, 6.45) is 2.48. The number of amides is 1. The summed E-state index contributed by atoms with van der Waals surface area (Å²) in [4.78, 5) is 29.2. The second kappa shape index (κ2) is 7.44. The summed E-state index contributed by atoms with van der Waals surface area (Å²) in [5.41, 5.74) is 3.97. The summed E-state index contributed by atoms with van der Waals surface area (Å²) in [5, 5.41) is 19.3. The lowest BCUT2D eigenvalue weighted by Crippen LogP contribution is -2.43. The number of hydrogen-bond acceptors (Lipinski definition) is 5. The highest BCUT2D eigenvalue weighted by molar-refractivity contribution is 7.09.